The van der Waals surface area contributed by atoms with Gasteiger partial charge in [0.15, 0.2) is 0 Å². The van der Waals surface area contributed by atoms with E-state index >= 15 is 0 Å². The Labute approximate surface area is 238 Å². The minimum absolute atomic E-state index is 0.0798. The lowest BCUT2D eigenvalue weighted by molar-refractivity contribution is -0.139. The van der Waals surface area contributed by atoms with E-state index in [1.807, 2.05) is 32.9 Å². The second kappa shape index (κ2) is 14.0. The van der Waals surface area contributed by atoms with Crippen LogP contribution in [0.2, 0.25) is 0 Å². The number of nitrogens with one attached hydrogen (secondary N) is 1. The minimum atomic E-state index is -4.09. The molecule has 0 aliphatic rings. The molecule has 214 valence electrons. The summed E-state index contributed by atoms with van der Waals surface area (Å²) in [4.78, 5) is 28.5. The molecule has 0 heterocycles. The summed E-state index contributed by atoms with van der Waals surface area (Å²) in [5.74, 6) is -0.182. The van der Waals surface area contributed by atoms with E-state index in [2.05, 4.69) is 5.32 Å². The smallest absolute Gasteiger partial charge is 0.264 e. The van der Waals surface area contributed by atoms with Crippen LogP contribution in [0.3, 0.4) is 0 Å². The number of methoxy groups -OCH3 is 1. The van der Waals surface area contributed by atoms with Gasteiger partial charge in [-0.05, 0) is 69.2 Å². The third-order valence-corrected chi connectivity index (χ3v) is 8.48. The van der Waals surface area contributed by atoms with E-state index in [4.69, 9.17) is 4.74 Å². The first kappa shape index (κ1) is 30.7. The predicted octanol–water partition coefficient (Wildman–Crippen LogP) is 4.84. The second-order valence-electron chi connectivity index (χ2n) is 9.85. The number of amides is 2. The molecule has 0 aliphatic carbocycles. The summed E-state index contributed by atoms with van der Waals surface area (Å²) in [5.41, 5.74) is 2.99. The van der Waals surface area contributed by atoms with Crippen molar-refractivity contribution < 1.29 is 22.7 Å². The topological polar surface area (TPSA) is 96.0 Å². The Morgan fingerprint density at radius 1 is 0.950 bits per heavy atom. The van der Waals surface area contributed by atoms with Crippen LogP contribution in [0.4, 0.5) is 5.69 Å². The number of sulfonamides is 1. The first-order chi connectivity index (χ1) is 19.1. The first-order valence-corrected chi connectivity index (χ1v) is 14.9. The van der Waals surface area contributed by atoms with Crippen LogP contribution in [0, 0.1) is 13.8 Å². The van der Waals surface area contributed by atoms with Gasteiger partial charge in [-0.2, -0.15) is 0 Å². The summed E-state index contributed by atoms with van der Waals surface area (Å²) >= 11 is 0. The van der Waals surface area contributed by atoms with Gasteiger partial charge in [0.25, 0.3) is 10.0 Å². The molecule has 0 bridgehead atoms. The van der Waals surface area contributed by atoms with Crippen molar-refractivity contribution in [3.63, 3.8) is 0 Å². The molecule has 40 heavy (non-hydrogen) atoms. The Morgan fingerprint density at radius 2 is 1.57 bits per heavy atom. The molecule has 2 amide bonds. The lowest BCUT2D eigenvalue weighted by atomic mass is 10.1. The summed E-state index contributed by atoms with van der Waals surface area (Å²) in [7, 11) is -2.54. The van der Waals surface area contributed by atoms with Gasteiger partial charge in [-0.15, -0.1) is 0 Å². The molecule has 0 unspecified atom stereocenters. The standard InChI is InChI=1S/C31H39N3O5S/c1-6-7-19-32-31(36)25(4)33(21-26-9-8-10-28(20-26)39-5)30(35)22-34(27-15-11-23(2)12-16-27)40(37,38)29-17-13-24(3)14-18-29/h8-18,20,25H,6-7,19,21-22H2,1-5H3,(H,32,36)/t25-/m0/s1. The number of carbonyl (C=O) groups is 2. The largest absolute Gasteiger partial charge is 0.497 e. The normalized spacial score (nSPS) is 11.9. The van der Waals surface area contributed by atoms with E-state index in [1.54, 1.807) is 62.6 Å². The maximum absolute atomic E-state index is 14.0. The van der Waals surface area contributed by atoms with Gasteiger partial charge in [0.1, 0.15) is 18.3 Å². The number of hydrogen-bond donors (Lipinski definition) is 1. The highest BCUT2D eigenvalue weighted by Crippen LogP contribution is 2.25. The van der Waals surface area contributed by atoms with Crippen molar-refractivity contribution in [2.45, 2.75) is 58.0 Å². The average Bonchev–Trinajstić information content (AvgIpc) is 2.95. The fourth-order valence-electron chi connectivity index (χ4n) is 4.16. The summed E-state index contributed by atoms with van der Waals surface area (Å²) in [6.45, 7) is 7.59. The number of benzene rings is 3. The molecule has 0 aromatic heterocycles. The monoisotopic (exact) mass is 565 g/mol. The van der Waals surface area contributed by atoms with Crippen LogP contribution in [0.1, 0.15) is 43.4 Å². The van der Waals surface area contributed by atoms with Gasteiger partial charge in [0.2, 0.25) is 11.8 Å². The van der Waals surface area contributed by atoms with Gasteiger partial charge in [-0.25, -0.2) is 8.42 Å². The van der Waals surface area contributed by atoms with E-state index < -0.39 is 28.5 Å². The zero-order chi connectivity index (χ0) is 29.3. The Balaban J connectivity index is 2.00. The second-order valence-corrected chi connectivity index (χ2v) is 11.7. The van der Waals surface area contributed by atoms with Crippen molar-refractivity contribution in [2.24, 2.45) is 0 Å². The van der Waals surface area contributed by atoms with Crippen molar-refractivity contribution in [1.82, 2.24) is 10.2 Å². The molecule has 0 radical (unpaired) electrons. The number of rotatable bonds is 13. The zero-order valence-corrected chi connectivity index (χ0v) is 24.7. The van der Waals surface area contributed by atoms with Crippen molar-refractivity contribution in [1.29, 1.82) is 0 Å². The molecule has 9 heteroatoms. The van der Waals surface area contributed by atoms with Crippen LogP contribution in [-0.4, -0.2) is 51.4 Å². The molecule has 3 aromatic rings. The van der Waals surface area contributed by atoms with Crippen LogP contribution in [0.15, 0.2) is 77.7 Å². The summed E-state index contributed by atoms with van der Waals surface area (Å²) in [6.07, 6.45) is 1.74. The van der Waals surface area contributed by atoms with Crippen molar-refractivity contribution in [3.8, 4) is 5.75 Å². The summed E-state index contributed by atoms with van der Waals surface area (Å²) in [6, 6.07) is 19.9. The number of nitrogens with zero attached hydrogens (tertiary/aromatic N) is 2. The molecule has 0 saturated heterocycles. The van der Waals surface area contributed by atoms with Gasteiger partial charge < -0.3 is 15.0 Å². The zero-order valence-electron chi connectivity index (χ0n) is 23.9. The molecule has 8 nitrogen and oxygen atoms in total. The lowest BCUT2D eigenvalue weighted by Gasteiger charge is -2.32. The quantitative estimate of drug-likeness (QED) is 0.299. The highest BCUT2D eigenvalue weighted by molar-refractivity contribution is 7.92. The van der Waals surface area contributed by atoms with Crippen molar-refractivity contribution >= 4 is 27.5 Å². The molecule has 3 rings (SSSR count). The van der Waals surface area contributed by atoms with Gasteiger partial charge in [-0.1, -0.05) is 60.9 Å². The predicted molar refractivity (Wildman–Crippen MR) is 158 cm³/mol. The fourth-order valence-corrected chi connectivity index (χ4v) is 5.58. The number of hydrogen-bond acceptors (Lipinski definition) is 5. The number of unbranched alkanes of at least 4 members (excludes halogenated alkanes) is 1. The van der Waals surface area contributed by atoms with Crippen molar-refractivity contribution in [3.05, 3.63) is 89.5 Å². The Bertz CT molecular complexity index is 1390. The first-order valence-electron chi connectivity index (χ1n) is 13.4. The molecule has 0 saturated carbocycles. The van der Waals surface area contributed by atoms with E-state index in [9.17, 15) is 18.0 Å². The van der Waals surface area contributed by atoms with Gasteiger partial charge >= 0.3 is 0 Å². The van der Waals surface area contributed by atoms with E-state index in [0.29, 0.717) is 18.0 Å². The van der Waals surface area contributed by atoms with Gasteiger partial charge in [0, 0.05) is 13.1 Å². The molecule has 3 aromatic carbocycles. The average molecular weight is 566 g/mol. The van der Waals surface area contributed by atoms with E-state index in [1.165, 1.54) is 17.0 Å². The van der Waals surface area contributed by atoms with Gasteiger partial charge in [-0.3, -0.25) is 13.9 Å². The van der Waals surface area contributed by atoms with E-state index in [-0.39, 0.29) is 17.3 Å². The SMILES string of the molecule is CCCCNC(=O)[C@H](C)N(Cc1cccc(OC)c1)C(=O)CN(c1ccc(C)cc1)S(=O)(=O)c1ccc(C)cc1. The Hall–Kier alpha value is -3.85. The fraction of sp³-hybridized carbons (Fsp3) is 0.355. The molecule has 0 aliphatic heterocycles. The molecular weight excluding hydrogens is 526 g/mol. The number of anilines is 1. The van der Waals surface area contributed by atoms with Crippen LogP contribution in [0.25, 0.3) is 0 Å². The maximum atomic E-state index is 14.0. The number of carbonyl (C=O) groups excluding carboxylic acids is 2. The number of aryl methyl sites for hydroxylation is 2. The number of ether oxygens (including phenoxy) is 1. The van der Waals surface area contributed by atoms with Crippen LogP contribution >= 0.6 is 0 Å². The minimum Gasteiger partial charge on any atom is -0.497 e. The molecule has 0 fully saturated rings. The molecule has 1 N–H and O–H groups in total. The van der Waals surface area contributed by atoms with E-state index in [0.717, 1.165) is 33.8 Å². The van der Waals surface area contributed by atoms with Gasteiger partial charge in [0.05, 0.1) is 17.7 Å². The third-order valence-electron chi connectivity index (χ3n) is 6.69. The molecule has 0 spiro atoms. The third kappa shape index (κ3) is 7.85. The molecular formula is C31H39N3O5S. The summed E-state index contributed by atoms with van der Waals surface area (Å²) < 4.78 is 34.2. The molecule has 1 atom stereocenters. The van der Waals surface area contributed by atoms with Crippen LogP contribution in [-0.2, 0) is 26.2 Å². The van der Waals surface area contributed by atoms with Crippen LogP contribution in [0.5, 0.6) is 5.75 Å². The highest BCUT2D eigenvalue weighted by atomic mass is 32.2. The highest BCUT2D eigenvalue weighted by Gasteiger charge is 2.32. The summed E-state index contributed by atoms with van der Waals surface area (Å²) in [5, 5.41) is 2.89. The maximum Gasteiger partial charge on any atom is 0.264 e. The van der Waals surface area contributed by atoms with Crippen LogP contribution < -0.4 is 14.4 Å². The van der Waals surface area contributed by atoms with Crippen molar-refractivity contribution in [2.75, 3.05) is 24.5 Å². The lowest BCUT2D eigenvalue weighted by Crippen LogP contribution is -2.51. The Morgan fingerprint density at radius 3 is 2.17 bits per heavy atom. The Kier molecular flexibility index (Phi) is 10.7.